The smallest absolute Gasteiger partial charge is 0.243 e. The summed E-state index contributed by atoms with van der Waals surface area (Å²) >= 11 is 0. The van der Waals surface area contributed by atoms with Gasteiger partial charge < -0.3 is 5.32 Å². The first kappa shape index (κ1) is 12.6. The minimum absolute atomic E-state index is 0.162. The van der Waals surface area contributed by atoms with Crippen molar-refractivity contribution in [2.24, 2.45) is 0 Å². The van der Waals surface area contributed by atoms with Crippen LogP contribution in [0.1, 0.15) is 31.7 Å². The number of hydrazine groups is 1. The maximum Gasteiger partial charge on any atom is 0.243 e. The summed E-state index contributed by atoms with van der Waals surface area (Å²) in [6, 6.07) is 7.23. The Morgan fingerprint density at radius 2 is 2.00 bits per heavy atom. The summed E-state index contributed by atoms with van der Waals surface area (Å²) in [4.78, 5) is 22.8. The van der Waals surface area contributed by atoms with Crippen LogP contribution in [0.3, 0.4) is 0 Å². The van der Waals surface area contributed by atoms with E-state index in [-0.39, 0.29) is 18.2 Å². The van der Waals surface area contributed by atoms with Crippen LogP contribution in [-0.4, -0.2) is 17.9 Å². The lowest BCUT2D eigenvalue weighted by atomic mass is 10.0. The number of carbonyl (C=O) groups excluding carboxylic acids is 2. The van der Waals surface area contributed by atoms with Gasteiger partial charge in [0.15, 0.2) is 0 Å². The molecule has 3 N–H and O–H groups in total. The Morgan fingerprint density at radius 3 is 2.50 bits per heavy atom. The lowest BCUT2D eigenvalue weighted by molar-refractivity contribution is -0.121. The minimum atomic E-state index is -0.498. The van der Waals surface area contributed by atoms with E-state index >= 15 is 0 Å². The fourth-order valence-corrected chi connectivity index (χ4v) is 1.79. The van der Waals surface area contributed by atoms with Crippen LogP contribution < -0.4 is 16.2 Å². The number of carbonyl (C=O) groups is 2. The molecule has 2 amide bonds. The van der Waals surface area contributed by atoms with Crippen LogP contribution in [-0.2, 0) is 9.59 Å². The van der Waals surface area contributed by atoms with Crippen molar-refractivity contribution in [1.29, 1.82) is 0 Å². The molecule has 1 aliphatic heterocycles. The van der Waals surface area contributed by atoms with Gasteiger partial charge in [-0.1, -0.05) is 26.0 Å². The van der Waals surface area contributed by atoms with Crippen molar-refractivity contribution in [1.82, 2.24) is 10.9 Å². The number of nitrogens with one attached hydrogen (secondary N) is 3. The number of amides is 2. The van der Waals surface area contributed by atoms with E-state index in [1.807, 2.05) is 24.3 Å². The standard InChI is InChI=1S/C13H17N3O2/c1-8(2)9-3-5-10(6-4-9)14-13(18)11-7-12(17)16-15-11/h3-6,8,11,15H,7H2,1-2H3,(H,14,18)(H,16,17). The number of anilines is 1. The highest BCUT2D eigenvalue weighted by atomic mass is 16.2. The van der Waals surface area contributed by atoms with Crippen molar-refractivity contribution in [3.8, 4) is 0 Å². The summed E-state index contributed by atoms with van der Waals surface area (Å²) in [5.41, 5.74) is 7.02. The lowest BCUT2D eigenvalue weighted by Gasteiger charge is -2.11. The summed E-state index contributed by atoms with van der Waals surface area (Å²) in [5, 5.41) is 2.78. The van der Waals surface area contributed by atoms with Crippen molar-refractivity contribution in [2.75, 3.05) is 5.32 Å². The second-order valence-electron chi connectivity index (χ2n) is 4.72. The van der Waals surface area contributed by atoms with Gasteiger partial charge in [-0.2, -0.15) is 0 Å². The summed E-state index contributed by atoms with van der Waals surface area (Å²) < 4.78 is 0. The van der Waals surface area contributed by atoms with E-state index < -0.39 is 6.04 Å². The molecular weight excluding hydrogens is 230 g/mol. The zero-order chi connectivity index (χ0) is 13.1. The molecule has 5 nitrogen and oxygen atoms in total. The maximum absolute atomic E-state index is 11.8. The minimum Gasteiger partial charge on any atom is -0.325 e. The molecule has 1 saturated heterocycles. The number of hydrogen-bond acceptors (Lipinski definition) is 3. The van der Waals surface area contributed by atoms with Crippen LogP contribution in [0.5, 0.6) is 0 Å². The van der Waals surface area contributed by atoms with E-state index in [0.717, 1.165) is 5.69 Å². The van der Waals surface area contributed by atoms with E-state index in [0.29, 0.717) is 5.92 Å². The van der Waals surface area contributed by atoms with Crippen LogP contribution >= 0.6 is 0 Å². The van der Waals surface area contributed by atoms with Gasteiger partial charge in [0.05, 0.1) is 6.42 Å². The van der Waals surface area contributed by atoms with Gasteiger partial charge in [-0.15, -0.1) is 0 Å². The quantitative estimate of drug-likeness (QED) is 0.750. The highest BCUT2D eigenvalue weighted by molar-refractivity contribution is 5.98. The van der Waals surface area contributed by atoms with Gasteiger partial charge in [0, 0.05) is 5.69 Å². The molecule has 1 heterocycles. The van der Waals surface area contributed by atoms with Crippen LogP contribution in [0, 0.1) is 0 Å². The van der Waals surface area contributed by atoms with Crippen molar-refractivity contribution in [3.63, 3.8) is 0 Å². The molecular formula is C13H17N3O2. The third kappa shape index (κ3) is 2.87. The molecule has 0 bridgehead atoms. The molecule has 0 spiro atoms. The first-order valence-corrected chi connectivity index (χ1v) is 6.01. The second kappa shape index (κ2) is 5.18. The largest absolute Gasteiger partial charge is 0.325 e. The van der Waals surface area contributed by atoms with Crippen molar-refractivity contribution < 1.29 is 9.59 Å². The molecule has 96 valence electrons. The molecule has 0 aromatic heterocycles. The van der Waals surface area contributed by atoms with Gasteiger partial charge in [-0.05, 0) is 23.6 Å². The zero-order valence-electron chi connectivity index (χ0n) is 10.5. The third-order valence-electron chi connectivity index (χ3n) is 2.94. The average molecular weight is 247 g/mol. The van der Waals surface area contributed by atoms with Crippen LogP contribution in [0.4, 0.5) is 5.69 Å². The average Bonchev–Trinajstić information content (AvgIpc) is 2.76. The molecule has 2 rings (SSSR count). The summed E-state index contributed by atoms with van der Waals surface area (Å²) in [6.07, 6.45) is 0.176. The highest BCUT2D eigenvalue weighted by Crippen LogP contribution is 2.17. The summed E-state index contributed by atoms with van der Waals surface area (Å²) in [7, 11) is 0. The van der Waals surface area contributed by atoms with Crippen molar-refractivity contribution in [3.05, 3.63) is 29.8 Å². The van der Waals surface area contributed by atoms with Gasteiger partial charge >= 0.3 is 0 Å². The zero-order valence-corrected chi connectivity index (χ0v) is 10.5. The van der Waals surface area contributed by atoms with Gasteiger partial charge in [0.25, 0.3) is 0 Å². The molecule has 1 aliphatic rings. The van der Waals surface area contributed by atoms with E-state index in [2.05, 4.69) is 30.0 Å². The summed E-state index contributed by atoms with van der Waals surface area (Å²) in [6.45, 7) is 4.24. The second-order valence-corrected chi connectivity index (χ2v) is 4.72. The first-order chi connectivity index (χ1) is 8.56. The number of hydrogen-bond donors (Lipinski definition) is 3. The predicted molar refractivity (Wildman–Crippen MR) is 68.8 cm³/mol. The summed E-state index contributed by atoms with van der Waals surface area (Å²) in [5.74, 6) is 0.101. The van der Waals surface area contributed by atoms with Gasteiger partial charge in [-0.25, -0.2) is 5.43 Å². The Kier molecular flexibility index (Phi) is 3.62. The lowest BCUT2D eigenvalue weighted by Crippen LogP contribution is -2.39. The molecule has 1 atom stereocenters. The molecule has 0 radical (unpaired) electrons. The third-order valence-corrected chi connectivity index (χ3v) is 2.94. The molecule has 18 heavy (non-hydrogen) atoms. The van der Waals surface area contributed by atoms with Gasteiger partial charge in [-0.3, -0.25) is 15.0 Å². The van der Waals surface area contributed by atoms with Gasteiger partial charge in [0.2, 0.25) is 11.8 Å². The maximum atomic E-state index is 11.8. The topological polar surface area (TPSA) is 70.2 Å². The fourth-order valence-electron chi connectivity index (χ4n) is 1.79. The van der Waals surface area contributed by atoms with Crippen LogP contribution in [0.25, 0.3) is 0 Å². The molecule has 5 heteroatoms. The van der Waals surface area contributed by atoms with Crippen molar-refractivity contribution >= 4 is 17.5 Å². The van der Waals surface area contributed by atoms with E-state index in [1.165, 1.54) is 5.56 Å². The Labute approximate surface area is 106 Å². The predicted octanol–water partition coefficient (Wildman–Crippen LogP) is 1.14. The first-order valence-electron chi connectivity index (χ1n) is 6.01. The highest BCUT2D eigenvalue weighted by Gasteiger charge is 2.27. The SMILES string of the molecule is CC(C)c1ccc(NC(=O)C2CC(=O)NN2)cc1. The van der Waals surface area contributed by atoms with Crippen molar-refractivity contribution in [2.45, 2.75) is 32.2 Å². The molecule has 0 saturated carbocycles. The van der Waals surface area contributed by atoms with E-state index in [9.17, 15) is 9.59 Å². The molecule has 1 aromatic carbocycles. The fraction of sp³-hybridized carbons (Fsp3) is 0.385. The normalized spacial score (nSPS) is 18.8. The van der Waals surface area contributed by atoms with Gasteiger partial charge in [0.1, 0.15) is 6.04 Å². The van der Waals surface area contributed by atoms with E-state index in [1.54, 1.807) is 0 Å². The molecule has 1 fully saturated rings. The van der Waals surface area contributed by atoms with E-state index in [4.69, 9.17) is 0 Å². The molecule has 1 aromatic rings. The number of rotatable bonds is 3. The Balaban J connectivity index is 1.97. The Hall–Kier alpha value is -1.88. The Bertz CT molecular complexity index is 454. The molecule has 1 unspecified atom stereocenters. The monoisotopic (exact) mass is 247 g/mol. The number of benzene rings is 1. The Morgan fingerprint density at radius 1 is 1.33 bits per heavy atom. The molecule has 0 aliphatic carbocycles. The van der Waals surface area contributed by atoms with Crippen LogP contribution in [0.2, 0.25) is 0 Å². The van der Waals surface area contributed by atoms with Crippen LogP contribution in [0.15, 0.2) is 24.3 Å².